The highest BCUT2D eigenvalue weighted by Gasteiger charge is 2.29. The Morgan fingerprint density at radius 2 is 2.04 bits per heavy atom. The number of amides is 3. The second-order valence-electron chi connectivity index (χ2n) is 5.65. The zero-order valence-corrected chi connectivity index (χ0v) is 16.4. The zero-order chi connectivity index (χ0) is 18.0. The maximum Gasteiger partial charge on any atom is 0.289 e. The molecule has 0 spiro atoms. The van der Waals surface area contributed by atoms with E-state index >= 15 is 0 Å². The third-order valence-electron chi connectivity index (χ3n) is 3.81. The van der Waals surface area contributed by atoms with Gasteiger partial charge in [0.1, 0.15) is 0 Å². The summed E-state index contributed by atoms with van der Waals surface area (Å²) in [5, 5.41) is 2.66. The van der Waals surface area contributed by atoms with Crippen LogP contribution in [-0.2, 0) is 11.3 Å². The molecule has 1 fully saturated rings. The standard InChI is InChI=1S/C18H15IN2O3S/c1-11-7-14(19)5-6-15(11)20-17(23)13-4-2-3-12(8-13)9-21-16(22)10-25-18(21)24/h2-8H,9-10H2,1H3,(H,20,23). The monoisotopic (exact) mass is 466 g/mol. The Morgan fingerprint density at radius 3 is 2.72 bits per heavy atom. The van der Waals surface area contributed by atoms with Crippen LogP contribution in [0.15, 0.2) is 42.5 Å². The summed E-state index contributed by atoms with van der Waals surface area (Å²) in [6, 6.07) is 12.8. The number of nitrogens with zero attached hydrogens (tertiary/aromatic N) is 1. The molecular formula is C18H15IN2O3S. The average molecular weight is 466 g/mol. The van der Waals surface area contributed by atoms with E-state index in [4.69, 9.17) is 0 Å². The third-order valence-corrected chi connectivity index (χ3v) is 5.34. The van der Waals surface area contributed by atoms with Crippen molar-refractivity contribution in [3.63, 3.8) is 0 Å². The van der Waals surface area contributed by atoms with E-state index in [0.717, 1.165) is 32.1 Å². The van der Waals surface area contributed by atoms with E-state index in [-0.39, 0.29) is 29.4 Å². The Morgan fingerprint density at radius 1 is 1.24 bits per heavy atom. The molecule has 0 radical (unpaired) electrons. The molecule has 1 saturated heterocycles. The zero-order valence-electron chi connectivity index (χ0n) is 13.4. The van der Waals surface area contributed by atoms with E-state index in [2.05, 4.69) is 27.9 Å². The molecule has 7 heteroatoms. The molecule has 0 aliphatic carbocycles. The molecule has 128 valence electrons. The van der Waals surface area contributed by atoms with Gasteiger partial charge in [0, 0.05) is 14.8 Å². The number of halogens is 1. The van der Waals surface area contributed by atoms with Gasteiger partial charge in [-0.15, -0.1) is 0 Å². The Bertz CT molecular complexity index is 853. The lowest BCUT2D eigenvalue weighted by atomic mass is 10.1. The minimum Gasteiger partial charge on any atom is -0.322 e. The van der Waals surface area contributed by atoms with E-state index in [0.29, 0.717) is 5.56 Å². The van der Waals surface area contributed by atoms with Gasteiger partial charge in [0.05, 0.1) is 12.3 Å². The first kappa shape index (κ1) is 17.9. The summed E-state index contributed by atoms with van der Waals surface area (Å²) in [6.07, 6.45) is 0. The first-order valence-corrected chi connectivity index (χ1v) is 9.64. The number of aryl methyl sites for hydroxylation is 1. The molecule has 0 saturated carbocycles. The maximum atomic E-state index is 12.5. The van der Waals surface area contributed by atoms with Gasteiger partial charge >= 0.3 is 0 Å². The van der Waals surface area contributed by atoms with Gasteiger partial charge < -0.3 is 5.32 Å². The SMILES string of the molecule is Cc1cc(I)ccc1NC(=O)c1cccc(CN2C(=O)CSC2=O)c1. The molecule has 1 N–H and O–H groups in total. The summed E-state index contributed by atoms with van der Waals surface area (Å²) in [4.78, 5) is 37.1. The molecule has 25 heavy (non-hydrogen) atoms. The summed E-state index contributed by atoms with van der Waals surface area (Å²) in [7, 11) is 0. The molecule has 0 unspecified atom stereocenters. The fraction of sp³-hybridized carbons (Fsp3) is 0.167. The van der Waals surface area contributed by atoms with E-state index in [9.17, 15) is 14.4 Å². The summed E-state index contributed by atoms with van der Waals surface area (Å²) in [6.45, 7) is 2.13. The minimum atomic E-state index is -0.241. The fourth-order valence-corrected chi connectivity index (χ4v) is 3.86. The van der Waals surface area contributed by atoms with Crippen LogP contribution in [0.1, 0.15) is 21.5 Å². The smallest absolute Gasteiger partial charge is 0.289 e. The molecule has 1 heterocycles. The average Bonchev–Trinajstić information content (AvgIpc) is 2.89. The molecule has 0 atom stereocenters. The van der Waals surface area contributed by atoms with Crippen molar-refractivity contribution in [2.75, 3.05) is 11.1 Å². The maximum absolute atomic E-state index is 12.5. The molecule has 2 aromatic carbocycles. The lowest BCUT2D eigenvalue weighted by Gasteiger charge is -2.14. The number of anilines is 1. The van der Waals surface area contributed by atoms with Crippen molar-refractivity contribution in [1.82, 2.24) is 4.90 Å². The summed E-state index contributed by atoms with van der Waals surface area (Å²) < 4.78 is 1.10. The first-order valence-electron chi connectivity index (χ1n) is 7.57. The Balaban J connectivity index is 1.75. The van der Waals surface area contributed by atoms with Crippen LogP contribution < -0.4 is 5.32 Å². The van der Waals surface area contributed by atoms with Crippen LogP contribution in [0.5, 0.6) is 0 Å². The molecule has 1 aliphatic heterocycles. The van der Waals surface area contributed by atoms with Crippen LogP contribution in [0, 0.1) is 10.5 Å². The molecule has 5 nitrogen and oxygen atoms in total. The number of thioether (sulfide) groups is 1. The van der Waals surface area contributed by atoms with Crippen molar-refractivity contribution in [3.8, 4) is 0 Å². The van der Waals surface area contributed by atoms with Crippen LogP contribution in [0.25, 0.3) is 0 Å². The van der Waals surface area contributed by atoms with Crippen LogP contribution in [0.2, 0.25) is 0 Å². The predicted octanol–water partition coefficient (Wildman–Crippen LogP) is 4.05. The van der Waals surface area contributed by atoms with E-state index < -0.39 is 0 Å². The second kappa shape index (κ2) is 7.57. The van der Waals surface area contributed by atoms with Gasteiger partial charge in [0.2, 0.25) is 5.91 Å². The Kier molecular flexibility index (Phi) is 5.43. The van der Waals surface area contributed by atoms with Crippen LogP contribution in [0.3, 0.4) is 0 Å². The van der Waals surface area contributed by atoms with Gasteiger partial charge in [0.25, 0.3) is 11.1 Å². The molecular weight excluding hydrogens is 451 g/mol. The van der Waals surface area contributed by atoms with E-state index in [1.165, 1.54) is 4.90 Å². The number of imide groups is 1. The van der Waals surface area contributed by atoms with Gasteiger partial charge in [-0.05, 0) is 71.0 Å². The first-order chi connectivity index (χ1) is 11.9. The number of benzene rings is 2. The van der Waals surface area contributed by atoms with Crippen LogP contribution >= 0.6 is 34.4 Å². The van der Waals surface area contributed by atoms with Gasteiger partial charge in [-0.3, -0.25) is 19.3 Å². The highest BCUT2D eigenvalue weighted by atomic mass is 127. The molecule has 0 bridgehead atoms. The fourth-order valence-electron chi connectivity index (χ4n) is 2.49. The van der Waals surface area contributed by atoms with Gasteiger partial charge in [0.15, 0.2) is 0 Å². The Hall–Kier alpha value is -1.87. The van der Waals surface area contributed by atoms with Crippen molar-refractivity contribution in [3.05, 3.63) is 62.7 Å². The van der Waals surface area contributed by atoms with Crippen molar-refractivity contribution in [2.24, 2.45) is 0 Å². The number of rotatable bonds is 4. The van der Waals surface area contributed by atoms with E-state index in [1.807, 2.05) is 25.1 Å². The predicted molar refractivity (Wildman–Crippen MR) is 107 cm³/mol. The van der Waals surface area contributed by atoms with E-state index in [1.54, 1.807) is 24.3 Å². The molecule has 2 aromatic rings. The summed E-state index contributed by atoms with van der Waals surface area (Å²) in [5.74, 6) is -0.232. The number of hydrogen-bond donors (Lipinski definition) is 1. The lowest BCUT2D eigenvalue weighted by molar-refractivity contribution is -0.125. The van der Waals surface area contributed by atoms with Crippen LogP contribution in [-0.4, -0.2) is 27.7 Å². The minimum absolute atomic E-state index is 0.186. The largest absolute Gasteiger partial charge is 0.322 e. The van der Waals surface area contributed by atoms with Crippen molar-refractivity contribution >= 4 is 57.1 Å². The number of hydrogen-bond acceptors (Lipinski definition) is 4. The lowest BCUT2D eigenvalue weighted by Crippen LogP contribution is -2.28. The summed E-state index contributed by atoms with van der Waals surface area (Å²) >= 11 is 3.23. The number of nitrogens with one attached hydrogen (secondary N) is 1. The molecule has 0 aromatic heterocycles. The molecule has 1 aliphatic rings. The second-order valence-corrected chi connectivity index (χ2v) is 7.82. The normalized spacial score (nSPS) is 14.1. The van der Waals surface area contributed by atoms with Crippen molar-refractivity contribution in [1.29, 1.82) is 0 Å². The van der Waals surface area contributed by atoms with Gasteiger partial charge in [-0.25, -0.2) is 0 Å². The van der Waals surface area contributed by atoms with Crippen molar-refractivity contribution < 1.29 is 14.4 Å². The topological polar surface area (TPSA) is 66.5 Å². The summed E-state index contributed by atoms with van der Waals surface area (Å²) in [5.41, 5.74) is 2.98. The number of carbonyl (C=O) groups is 3. The van der Waals surface area contributed by atoms with Gasteiger partial charge in [-0.2, -0.15) is 0 Å². The number of carbonyl (C=O) groups excluding carboxylic acids is 3. The van der Waals surface area contributed by atoms with Crippen LogP contribution in [0.4, 0.5) is 10.5 Å². The van der Waals surface area contributed by atoms with Gasteiger partial charge in [-0.1, -0.05) is 23.9 Å². The molecule has 3 amide bonds. The highest BCUT2D eigenvalue weighted by Crippen LogP contribution is 2.22. The highest BCUT2D eigenvalue weighted by molar-refractivity contribution is 14.1. The van der Waals surface area contributed by atoms with Crippen molar-refractivity contribution in [2.45, 2.75) is 13.5 Å². The molecule has 3 rings (SSSR count). The quantitative estimate of drug-likeness (QED) is 0.691. The Labute approximate surface area is 163 Å². The third kappa shape index (κ3) is 4.21.